The van der Waals surface area contributed by atoms with Gasteiger partial charge in [-0.1, -0.05) is 42.7 Å². The predicted octanol–water partition coefficient (Wildman–Crippen LogP) is 1.80. The maximum atomic E-state index is 12.4. The van der Waals surface area contributed by atoms with Crippen molar-refractivity contribution >= 4 is 11.9 Å². The van der Waals surface area contributed by atoms with Gasteiger partial charge in [0.2, 0.25) is 11.7 Å². The lowest BCUT2D eigenvalue weighted by molar-refractivity contribution is -0.146. The van der Waals surface area contributed by atoms with Crippen LogP contribution in [-0.2, 0) is 16.1 Å². The summed E-state index contributed by atoms with van der Waals surface area (Å²) in [6.45, 7) is 3.70. The summed E-state index contributed by atoms with van der Waals surface area (Å²) in [5.74, 6) is -1.31. The van der Waals surface area contributed by atoms with Gasteiger partial charge in [0.25, 0.3) is 0 Å². The second-order valence-electron chi connectivity index (χ2n) is 7.11. The van der Waals surface area contributed by atoms with E-state index < -0.39 is 17.4 Å². The van der Waals surface area contributed by atoms with Crippen molar-refractivity contribution in [1.29, 1.82) is 0 Å². The zero-order valence-electron chi connectivity index (χ0n) is 15.0. The number of hydrogen-bond donors (Lipinski definition) is 2. The number of nitrogens with one attached hydrogen (secondary N) is 1. The molecule has 1 aromatic heterocycles. The first kappa shape index (κ1) is 18.0. The average molecular weight is 357 g/mol. The lowest BCUT2D eigenvalue weighted by atomic mass is 9.74. The van der Waals surface area contributed by atoms with Crippen LogP contribution in [0.2, 0.25) is 0 Å². The third kappa shape index (κ3) is 3.89. The molecule has 138 valence electrons. The molecule has 0 radical (unpaired) electrons. The summed E-state index contributed by atoms with van der Waals surface area (Å²) in [6.07, 6.45) is 2.99. The first-order valence-electron chi connectivity index (χ1n) is 8.76. The van der Waals surface area contributed by atoms with Gasteiger partial charge in [-0.15, -0.1) is 10.2 Å². The molecule has 0 spiro atoms. The van der Waals surface area contributed by atoms with Gasteiger partial charge >= 0.3 is 5.97 Å². The fraction of sp³-hybridized carbons (Fsp3) is 0.500. The van der Waals surface area contributed by atoms with Gasteiger partial charge in [-0.3, -0.25) is 9.59 Å². The van der Waals surface area contributed by atoms with E-state index in [0.717, 1.165) is 24.0 Å². The number of hydrogen-bond acceptors (Lipinski definition) is 5. The molecule has 0 aliphatic heterocycles. The van der Waals surface area contributed by atoms with Crippen molar-refractivity contribution < 1.29 is 14.7 Å². The monoisotopic (exact) mass is 357 g/mol. The number of amides is 1. The highest BCUT2D eigenvalue weighted by Crippen LogP contribution is 2.33. The van der Waals surface area contributed by atoms with Crippen LogP contribution in [0, 0.1) is 12.8 Å². The van der Waals surface area contributed by atoms with Crippen molar-refractivity contribution in [3.05, 3.63) is 29.8 Å². The van der Waals surface area contributed by atoms with Gasteiger partial charge in [0, 0.05) is 5.56 Å². The van der Waals surface area contributed by atoms with Crippen LogP contribution in [0.25, 0.3) is 11.4 Å². The van der Waals surface area contributed by atoms with Crippen molar-refractivity contribution in [3.8, 4) is 11.4 Å². The third-order valence-corrected chi connectivity index (χ3v) is 4.98. The Balaban J connectivity index is 1.66. The van der Waals surface area contributed by atoms with Crippen LogP contribution in [0.3, 0.4) is 0 Å². The summed E-state index contributed by atoms with van der Waals surface area (Å²) in [7, 11) is 0. The Hall–Kier alpha value is -2.77. The van der Waals surface area contributed by atoms with Gasteiger partial charge in [0.15, 0.2) is 0 Å². The number of aryl methyl sites for hydroxylation is 1. The number of carboxylic acid groups (broad SMARTS) is 1. The fourth-order valence-electron chi connectivity index (χ4n) is 3.49. The van der Waals surface area contributed by atoms with Gasteiger partial charge in [0.05, 0.1) is 11.5 Å². The van der Waals surface area contributed by atoms with E-state index in [1.54, 1.807) is 6.92 Å². The van der Waals surface area contributed by atoms with Gasteiger partial charge in [0.1, 0.15) is 6.54 Å². The van der Waals surface area contributed by atoms with E-state index in [9.17, 15) is 14.7 Å². The van der Waals surface area contributed by atoms with Gasteiger partial charge < -0.3 is 10.4 Å². The molecule has 1 fully saturated rings. The fourth-order valence-corrected chi connectivity index (χ4v) is 3.49. The number of carbonyl (C=O) groups excluding carboxylic acids is 1. The number of nitrogens with zero attached hydrogens (tertiary/aromatic N) is 4. The molecule has 26 heavy (non-hydrogen) atoms. The highest BCUT2D eigenvalue weighted by molar-refractivity contribution is 5.79. The Kier molecular flexibility index (Phi) is 5.01. The first-order chi connectivity index (χ1) is 12.4. The normalized spacial score (nSPS) is 22.8. The molecule has 1 saturated carbocycles. The van der Waals surface area contributed by atoms with E-state index in [4.69, 9.17) is 0 Å². The molecular formula is C18H23N5O3. The van der Waals surface area contributed by atoms with Crippen LogP contribution in [0.15, 0.2) is 24.3 Å². The topological polar surface area (TPSA) is 110 Å². The van der Waals surface area contributed by atoms with E-state index in [1.807, 2.05) is 31.2 Å². The Morgan fingerprint density at radius 3 is 2.73 bits per heavy atom. The summed E-state index contributed by atoms with van der Waals surface area (Å²) in [5.41, 5.74) is 1.21. The van der Waals surface area contributed by atoms with Crippen molar-refractivity contribution in [2.45, 2.75) is 51.6 Å². The van der Waals surface area contributed by atoms with E-state index in [0.29, 0.717) is 18.7 Å². The number of tetrazole rings is 1. The molecule has 8 heteroatoms. The minimum atomic E-state index is -0.868. The quantitative estimate of drug-likeness (QED) is 0.844. The van der Waals surface area contributed by atoms with Gasteiger partial charge in [-0.2, -0.15) is 4.80 Å². The average Bonchev–Trinajstić information content (AvgIpc) is 3.03. The summed E-state index contributed by atoms with van der Waals surface area (Å²) in [6, 6.07) is 7.71. The second kappa shape index (κ2) is 7.23. The lowest BCUT2D eigenvalue weighted by Crippen LogP contribution is -2.56. The molecule has 2 atom stereocenters. The molecule has 0 saturated heterocycles. The molecule has 0 bridgehead atoms. The standard InChI is InChI=1S/C18H23N5O3/c1-12-6-8-13(9-7-12)16-20-22-23(21-16)11-15(24)19-18(2)10-4-3-5-14(18)17(25)26/h6-9,14H,3-5,10-11H2,1-2H3,(H,19,24)(H,25,26). The Labute approximate surface area is 151 Å². The number of carboxylic acids is 1. The van der Waals surface area contributed by atoms with Crippen LogP contribution < -0.4 is 5.32 Å². The van der Waals surface area contributed by atoms with Crippen LogP contribution >= 0.6 is 0 Å². The molecule has 3 rings (SSSR count). The SMILES string of the molecule is Cc1ccc(-c2nnn(CC(=O)NC3(C)CCCCC3C(=O)O)n2)cc1. The molecule has 2 aromatic rings. The molecule has 1 aliphatic rings. The van der Waals surface area contributed by atoms with Crippen molar-refractivity contribution in [2.24, 2.45) is 5.92 Å². The van der Waals surface area contributed by atoms with E-state index in [2.05, 4.69) is 20.7 Å². The van der Waals surface area contributed by atoms with E-state index in [-0.39, 0.29) is 12.5 Å². The van der Waals surface area contributed by atoms with E-state index in [1.165, 1.54) is 4.80 Å². The smallest absolute Gasteiger partial charge is 0.308 e. The molecule has 1 aromatic carbocycles. The first-order valence-corrected chi connectivity index (χ1v) is 8.76. The highest BCUT2D eigenvalue weighted by atomic mass is 16.4. The number of aromatic nitrogens is 4. The Morgan fingerprint density at radius 1 is 1.31 bits per heavy atom. The molecule has 1 amide bonds. The molecule has 2 N–H and O–H groups in total. The minimum absolute atomic E-state index is 0.0964. The zero-order chi connectivity index (χ0) is 18.7. The summed E-state index contributed by atoms with van der Waals surface area (Å²) in [4.78, 5) is 25.1. The van der Waals surface area contributed by atoms with Gasteiger partial charge in [-0.25, -0.2) is 0 Å². The summed E-state index contributed by atoms with van der Waals surface area (Å²) >= 11 is 0. The molecular weight excluding hydrogens is 334 g/mol. The van der Waals surface area contributed by atoms with Crippen molar-refractivity contribution in [3.63, 3.8) is 0 Å². The third-order valence-electron chi connectivity index (χ3n) is 4.98. The largest absolute Gasteiger partial charge is 0.481 e. The van der Waals surface area contributed by atoms with E-state index >= 15 is 0 Å². The van der Waals surface area contributed by atoms with Crippen LogP contribution in [0.1, 0.15) is 38.2 Å². The molecule has 8 nitrogen and oxygen atoms in total. The molecule has 1 aliphatic carbocycles. The molecule has 2 unspecified atom stereocenters. The zero-order valence-corrected chi connectivity index (χ0v) is 15.0. The van der Waals surface area contributed by atoms with Crippen molar-refractivity contribution in [2.75, 3.05) is 0 Å². The van der Waals surface area contributed by atoms with Crippen molar-refractivity contribution in [1.82, 2.24) is 25.5 Å². The maximum absolute atomic E-state index is 12.4. The predicted molar refractivity (Wildman–Crippen MR) is 94.1 cm³/mol. The number of rotatable bonds is 5. The minimum Gasteiger partial charge on any atom is -0.481 e. The Morgan fingerprint density at radius 2 is 2.04 bits per heavy atom. The maximum Gasteiger partial charge on any atom is 0.308 e. The second-order valence-corrected chi connectivity index (χ2v) is 7.11. The van der Waals surface area contributed by atoms with Crippen LogP contribution in [-0.4, -0.2) is 42.7 Å². The van der Waals surface area contributed by atoms with Crippen LogP contribution in [0.4, 0.5) is 0 Å². The highest BCUT2D eigenvalue weighted by Gasteiger charge is 2.42. The number of carbonyl (C=O) groups is 2. The van der Waals surface area contributed by atoms with Gasteiger partial charge in [-0.05, 0) is 31.9 Å². The number of aliphatic carboxylic acids is 1. The Bertz CT molecular complexity index is 801. The molecule has 1 heterocycles. The van der Waals surface area contributed by atoms with Crippen LogP contribution in [0.5, 0.6) is 0 Å². The lowest BCUT2D eigenvalue weighted by Gasteiger charge is -2.39. The summed E-state index contributed by atoms with van der Waals surface area (Å²) < 4.78 is 0. The summed E-state index contributed by atoms with van der Waals surface area (Å²) in [5, 5.41) is 24.5. The number of benzene rings is 1.